The fourth-order valence-electron chi connectivity index (χ4n) is 2.94. The molecule has 1 atom stereocenters. The Balaban J connectivity index is 1.60. The molecule has 0 saturated heterocycles. The molecule has 0 spiro atoms. The number of rotatable bonds is 7. The lowest BCUT2D eigenvalue weighted by Crippen LogP contribution is -2.29. The molecule has 3 aromatic rings. The van der Waals surface area contributed by atoms with Crippen molar-refractivity contribution in [2.45, 2.75) is 30.7 Å². The third-order valence-corrected chi connectivity index (χ3v) is 5.20. The van der Waals surface area contributed by atoms with E-state index >= 15 is 0 Å². The topological polar surface area (TPSA) is 29.1 Å². The van der Waals surface area contributed by atoms with Crippen molar-refractivity contribution < 1.29 is 4.79 Å². The second-order valence-electron chi connectivity index (χ2n) is 6.12. The van der Waals surface area contributed by atoms with Gasteiger partial charge in [0.2, 0.25) is 5.91 Å². The van der Waals surface area contributed by atoms with Gasteiger partial charge >= 0.3 is 0 Å². The first-order valence-corrected chi connectivity index (χ1v) is 9.70. The minimum atomic E-state index is 0.0838. The van der Waals surface area contributed by atoms with E-state index in [9.17, 15) is 4.79 Å². The largest absolute Gasteiger partial charge is 0.349 e. The zero-order valence-electron chi connectivity index (χ0n) is 14.4. The van der Waals surface area contributed by atoms with E-state index in [1.807, 2.05) is 30.3 Å². The van der Waals surface area contributed by atoms with E-state index in [1.54, 1.807) is 11.8 Å². The molecule has 0 heterocycles. The highest BCUT2D eigenvalue weighted by Crippen LogP contribution is 2.24. The van der Waals surface area contributed by atoms with Crippen LogP contribution in [0.5, 0.6) is 0 Å². The molecule has 128 valence electrons. The molecule has 1 N–H and O–H groups in total. The van der Waals surface area contributed by atoms with Gasteiger partial charge < -0.3 is 5.32 Å². The van der Waals surface area contributed by atoms with Gasteiger partial charge in [0.1, 0.15) is 0 Å². The van der Waals surface area contributed by atoms with E-state index in [-0.39, 0.29) is 11.9 Å². The van der Waals surface area contributed by atoms with Crippen molar-refractivity contribution in [3.05, 3.63) is 78.4 Å². The van der Waals surface area contributed by atoms with Gasteiger partial charge in [-0.1, -0.05) is 74.0 Å². The molecule has 0 aliphatic carbocycles. The predicted molar refractivity (Wildman–Crippen MR) is 107 cm³/mol. The van der Waals surface area contributed by atoms with Crippen LogP contribution in [0.2, 0.25) is 0 Å². The highest BCUT2D eigenvalue weighted by molar-refractivity contribution is 8.00. The van der Waals surface area contributed by atoms with Crippen molar-refractivity contribution in [1.82, 2.24) is 5.32 Å². The molecule has 2 nitrogen and oxygen atoms in total. The van der Waals surface area contributed by atoms with Gasteiger partial charge in [-0.2, -0.15) is 0 Å². The lowest BCUT2D eigenvalue weighted by atomic mass is 10.0. The smallest absolute Gasteiger partial charge is 0.230 e. The number of thioether (sulfide) groups is 1. The van der Waals surface area contributed by atoms with Crippen LogP contribution in [-0.4, -0.2) is 11.7 Å². The second-order valence-corrected chi connectivity index (χ2v) is 7.17. The number of amides is 1. The highest BCUT2D eigenvalue weighted by atomic mass is 32.2. The third-order valence-electron chi connectivity index (χ3n) is 4.21. The quantitative estimate of drug-likeness (QED) is 0.563. The molecular weight excluding hydrogens is 326 g/mol. The first-order valence-electron chi connectivity index (χ1n) is 8.72. The lowest BCUT2D eigenvalue weighted by Gasteiger charge is -2.18. The Bertz CT molecular complexity index is 832. The fraction of sp³-hybridized carbons (Fsp3) is 0.227. The molecule has 0 unspecified atom stereocenters. The van der Waals surface area contributed by atoms with Crippen molar-refractivity contribution in [3.8, 4) is 0 Å². The maximum Gasteiger partial charge on any atom is 0.230 e. The molecule has 0 aromatic heterocycles. The summed E-state index contributed by atoms with van der Waals surface area (Å²) in [6.07, 6.45) is 1.99. The molecule has 0 aliphatic heterocycles. The van der Waals surface area contributed by atoms with Crippen LogP contribution in [0.15, 0.2) is 77.7 Å². The monoisotopic (exact) mass is 349 g/mol. The molecule has 0 radical (unpaired) electrons. The number of hydrogen-bond acceptors (Lipinski definition) is 2. The molecule has 1 amide bonds. The van der Waals surface area contributed by atoms with E-state index < -0.39 is 0 Å². The van der Waals surface area contributed by atoms with E-state index in [4.69, 9.17) is 0 Å². The van der Waals surface area contributed by atoms with Gasteiger partial charge in [0.25, 0.3) is 0 Å². The van der Waals surface area contributed by atoms with Crippen LogP contribution in [0.25, 0.3) is 10.8 Å². The lowest BCUT2D eigenvalue weighted by molar-refractivity contribution is -0.119. The zero-order chi connectivity index (χ0) is 17.5. The maximum absolute atomic E-state index is 12.4. The van der Waals surface area contributed by atoms with Crippen molar-refractivity contribution >= 4 is 28.4 Å². The summed E-state index contributed by atoms with van der Waals surface area (Å²) in [6, 6.07) is 24.9. The Morgan fingerprint density at radius 1 is 0.960 bits per heavy atom. The van der Waals surface area contributed by atoms with E-state index in [2.05, 4.69) is 54.7 Å². The number of carbonyl (C=O) groups is 1. The van der Waals surface area contributed by atoms with Gasteiger partial charge in [-0.15, -0.1) is 11.8 Å². The highest BCUT2D eigenvalue weighted by Gasteiger charge is 2.13. The average molecular weight is 349 g/mol. The molecule has 3 rings (SSSR count). The Hall–Kier alpha value is -2.26. The standard InChI is InChI=1S/C22H23NOS/c1-2-8-21(18-10-4-3-5-11-18)23-22(24)16-25-20-14-13-17-9-6-7-12-19(17)15-20/h3-7,9-15,21H,2,8,16H2,1H3,(H,23,24)/t21-/m0/s1. The number of carbonyl (C=O) groups excluding carboxylic acids is 1. The van der Waals surface area contributed by atoms with E-state index in [0.29, 0.717) is 5.75 Å². The molecule has 0 fully saturated rings. The number of hydrogen-bond donors (Lipinski definition) is 1. The molecule has 3 heteroatoms. The summed E-state index contributed by atoms with van der Waals surface area (Å²) < 4.78 is 0. The molecule has 0 aliphatic rings. The predicted octanol–water partition coefficient (Wildman–Crippen LogP) is 5.59. The third kappa shape index (κ3) is 4.86. The van der Waals surface area contributed by atoms with Crippen molar-refractivity contribution in [2.75, 3.05) is 5.75 Å². The fourth-order valence-corrected chi connectivity index (χ4v) is 3.69. The van der Waals surface area contributed by atoms with Gasteiger partial charge in [-0.25, -0.2) is 0 Å². The van der Waals surface area contributed by atoms with Crippen molar-refractivity contribution in [1.29, 1.82) is 0 Å². The molecule has 0 bridgehead atoms. The molecule has 0 saturated carbocycles. The average Bonchev–Trinajstić information content (AvgIpc) is 2.66. The SMILES string of the molecule is CCC[C@H](NC(=O)CSc1ccc2ccccc2c1)c1ccccc1. The first kappa shape index (κ1) is 17.6. The minimum absolute atomic E-state index is 0.0838. The van der Waals surface area contributed by atoms with Crippen LogP contribution in [0.3, 0.4) is 0 Å². The Morgan fingerprint density at radius 2 is 1.68 bits per heavy atom. The van der Waals surface area contributed by atoms with Crippen LogP contribution in [0.1, 0.15) is 31.4 Å². The van der Waals surface area contributed by atoms with E-state index in [1.165, 1.54) is 16.3 Å². The van der Waals surface area contributed by atoms with Crippen LogP contribution in [0.4, 0.5) is 0 Å². The number of benzene rings is 3. The maximum atomic E-state index is 12.4. The van der Waals surface area contributed by atoms with Crippen molar-refractivity contribution in [3.63, 3.8) is 0 Å². The second kappa shape index (κ2) is 8.72. The van der Waals surface area contributed by atoms with Crippen LogP contribution in [0, 0.1) is 0 Å². The summed E-state index contributed by atoms with van der Waals surface area (Å²) in [6.45, 7) is 2.14. The van der Waals surface area contributed by atoms with Crippen LogP contribution in [-0.2, 0) is 4.79 Å². The Labute approximate surface area is 153 Å². The van der Waals surface area contributed by atoms with Gasteiger partial charge in [-0.05, 0) is 34.9 Å². The number of nitrogens with one attached hydrogen (secondary N) is 1. The normalized spacial score (nSPS) is 12.0. The zero-order valence-corrected chi connectivity index (χ0v) is 15.3. The summed E-state index contributed by atoms with van der Waals surface area (Å²) in [5.41, 5.74) is 1.17. The summed E-state index contributed by atoms with van der Waals surface area (Å²) in [5, 5.41) is 5.62. The van der Waals surface area contributed by atoms with Crippen LogP contribution >= 0.6 is 11.8 Å². The number of fused-ring (bicyclic) bond motifs is 1. The van der Waals surface area contributed by atoms with Gasteiger partial charge in [-0.3, -0.25) is 4.79 Å². The van der Waals surface area contributed by atoms with Gasteiger partial charge in [0, 0.05) is 4.90 Å². The van der Waals surface area contributed by atoms with E-state index in [0.717, 1.165) is 17.7 Å². The molecular formula is C22H23NOS. The minimum Gasteiger partial charge on any atom is -0.349 e. The summed E-state index contributed by atoms with van der Waals surface area (Å²) in [4.78, 5) is 13.5. The van der Waals surface area contributed by atoms with Crippen molar-refractivity contribution in [2.24, 2.45) is 0 Å². The summed E-state index contributed by atoms with van der Waals surface area (Å²) in [5.74, 6) is 0.520. The van der Waals surface area contributed by atoms with Gasteiger partial charge in [0.15, 0.2) is 0 Å². The summed E-state index contributed by atoms with van der Waals surface area (Å²) >= 11 is 1.59. The van der Waals surface area contributed by atoms with Crippen LogP contribution < -0.4 is 5.32 Å². The Kier molecular flexibility index (Phi) is 6.13. The first-order chi connectivity index (χ1) is 12.3. The Morgan fingerprint density at radius 3 is 2.44 bits per heavy atom. The van der Waals surface area contributed by atoms with Gasteiger partial charge in [0.05, 0.1) is 11.8 Å². The molecule has 3 aromatic carbocycles. The molecule has 25 heavy (non-hydrogen) atoms. The summed E-state index contributed by atoms with van der Waals surface area (Å²) in [7, 11) is 0.